The summed E-state index contributed by atoms with van der Waals surface area (Å²) in [5.74, 6) is -0.220. The topological polar surface area (TPSA) is 50.7 Å². The molecular weight excluding hydrogens is 356 g/mol. The standard InChI is InChI=1S/C18H19BrN2O2/c1-3-15-6-4-5-13(2)18(15)21-17(22)12-23-20-11-14-7-9-16(19)10-8-14/h4-11H,3,12H2,1-2H3,(H,21,22)/b20-11-. The molecule has 0 aromatic heterocycles. The van der Waals surface area contributed by atoms with E-state index in [4.69, 9.17) is 4.84 Å². The Morgan fingerprint density at radius 2 is 2.00 bits per heavy atom. The van der Waals surface area contributed by atoms with Gasteiger partial charge in [0.1, 0.15) is 0 Å². The van der Waals surface area contributed by atoms with Crippen LogP contribution < -0.4 is 5.32 Å². The molecule has 5 heteroatoms. The third-order valence-electron chi connectivity index (χ3n) is 3.35. The summed E-state index contributed by atoms with van der Waals surface area (Å²) >= 11 is 3.37. The van der Waals surface area contributed by atoms with Crippen molar-refractivity contribution in [2.24, 2.45) is 5.16 Å². The van der Waals surface area contributed by atoms with E-state index in [0.29, 0.717) is 0 Å². The molecular formula is C18H19BrN2O2. The van der Waals surface area contributed by atoms with Gasteiger partial charge in [-0.2, -0.15) is 0 Å². The fraction of sp³-hybridized carbons (Fsp3) is 0.222. The molecule has 0 aliphatic carbocycles. The van der Waals surface area contributed by atoms with Crippen LogP contribution in [0.2, 0.25) is 0 Å². The zero-order valence-corrected chi connectivity index (χ0v) is 14.8. The Morgan fingerprint density at radius 3 is 2.70 bits per heavy atom. The number of nitrogens with zero attached hydrogens (tertiary/aromatic N) is 1. The lowest BCUT2D eigenvalue weighted by atomic mass is 10.1. The van der Waals surface area contributed by atoms with Crippen LogP contribution in [0.3, 0.4) is 0 Å². The van der Waals surface area contributed by atoms with E-state index in [9.17, 15) is 4.79 Å². The van der Waals surface area contributed by atoms with Gasteiger partial charge in [0.05, 0.1) is 6.21 Å². The third kappa shape index (κ3) is 5.21. The van der Waals surface area contributed by atoms with E-state index >= 15 is 0 Å². The minimum absolute atomic E-state index is 0.121. The number of carbonyl (C=O) groups excluding carboxylic acids is 1. The lowest BCUT2D eigenvalue weighted by Gasteiger charge is -2.12. The molecule has 0 atom stereocenters. The van der Waals surface area contributed by atoms with Crippen LogP contribution in [0, 0.1) is 6.92 Å². The van der Waals surface area contributed by atoms with Gasteiger partial charge in [0.15, 0.2) is 6.61 Å². The number of para-hydroxylation sites is 1. The first kappa shape index (κ1) is 17.2. The molecule has 2 aromatic carbocycles. The maximum absolute atomic E-state index is 12.0. The average Bonchev–Trinajstić information content (AvgIpc) is 2.55. The normalized spacial score (nSPS) is 10.7. The fourth-order valence-electron chi connectivity index (χ4n) is 2.12. The van der Waals surface area contributed by atoms with E-state index in [1.165, 1.54) is 0 Å². The van der Waals surface area contributed by atoms with Crippen LogP contribution in [0.25, 0.3) is 0 Å². The lowest BCUT2D eigenvalue weighted by Crippen LogP contribution is -2.18. The Labute approximate surface area is 144 Å². The molecule has 0 spiro atoms. The molecule has 2 rings (SSSR count). The second-order valence-corrected chi connectivity index (χ2v) is 5.99. The second kappa shape index (κ2) is 8.48. The van der Waals surface area contributed by atoms with E-state index < -0.39 is 0 Å². The zero-order valence-electron chi connectivity index (χ0n) is 13.2. The van der Waals surface area contributed by atoms with Crippen LogP contribution in [0.1, 0.15) is 23.6 Å². The zero-order chi connectivity index (χ0) is 16.7. The third-order valence-corrected chi connectivity index (χ3v) is 3.88. The molecule has 2 aromatic rings. The average molecular weight is 375 g/mol. The number of oxime groups is 1. The summed E-state index contributed by atoms with van der Waals surface area (Å²) in [5, 5.41) is 6.71. The first-order valence-corrected chi connectivity index (χ1v) is 8.18. The molecule has 1 amide bonds. The molecule has 1 N–H and O–H groups in total. The maximum Gasteiger partial charge on any atom is 0.265 e. The number of aryl methyl sites for hydroxylation is 2. The van der Waals surface area contributed by atoms with Crippen molar-refractivity contribution in [1.29, 1.82) is 0 Å². The number of rotatable bonds is 6. The highest BCUT2D eigenvalue weighted by Gasteiger charge is 2.08. The maximum atomic E-state index is 12.0. The van der Waals surface area contributed by atoms with Crippen LogP contribution in [0.5, 0.6) is 0 Å². The van der Waals surface area contributed by atoms with Crippen molar-refractivity contribution in [2.75, 3.05) is 11.9 Å². The molecule has 0 radical (unpaired) electrons. The minimum Gasteiger partial charge on any atom is -0.386 e. The van der Waals surface area contributed by atoms with Crippen LogP contribution in [0.4, 0.5) is 5.69 Å². The predicted molar refractivity (Wildman–Crippen MR) is 96.9 cm³/mol. The van der Waals surface area contributed by atoms with Crippen molar-refractivity contribution in [2.45, 2.75) is 20.3 Å². The van der Waals surface area contributed by atoms with Gasteiger partial charge in [-0.25, -0.2) is 0 Å². The number of nitrogens with one attached hydrogen (secondary N) is 1. The summed E-state index contributed by atoms with van der Waals surface area (Å²) < 4.78 is 1.000. The predicted octanol–water partition coefficient (Wildman–Crippen LogP) is 4.31. The van der Waals surface area contributed by atoms with E-state index in [-0.39, 0.29) is 12.5 Å². The van der Waals surface area contributed by atoms with Crippen molar-refractivity contribution in [3.8, 4) is 0 Å². The van der Waals surface area contributed by atoms with Gasteiger partial charge < -0.3 is 10.2 Å². The molecule has 23 heavy (non-hydrogen) atoms. The van der Waals surface area contributed by atoms with Crippen molar-refractivity contribution in [3.05, 3.63) is 63.6 Å². The summed E-state index contributed by atoms with van der Waals surface area (Å²) in [6.07, 6.45) is 2.44. The fourth-order valence-corrected chi connectivity index (χ4v) is 2.38. The second-order valence-electron chi connectivity index (χ2n) is 5.07. The number of carbonyl (C=O) groups is 1. The number of amides is 1. The number of benzene rings is 2. The molecule has 0 heterocycles. The first-order chi connectivity index (χ1) is 11.1. The van der Waals surface area contributed by atoms with Crippen molar-refractivity contribution < 1.29 is 9.63 Å². The molecule has 0 saturated heterocycles. The smallest absolute Gasteiger partial charge is 0.265 e. The van der Waals surface area contributed by atoms with Gasteiger partial charge in [-0.3, -0.25) is 4.79 Å². The van der Waals surface area contributed by atoms with E-state index in [1.807, 2.05) is 49.4 Å². The molecule has 0 aliphatic heterocycles. The van der Waals surface area contributed by atoms with E-state index in [0.717, 1.165) is 33.3 Å². The largest absolute Gasteiger partial charge is 0.386 e. The van der Waals surface area contributed by atoms with Crippen molar-refractivity contribution >= 4 is 33.7 Å². The molecule has 4 nitrogen and oxygen atoms in total. The Bertz CT molecular complexity index is 697. The Morgan fingerprint density at radius 1 is 1.26 bits per heavy atom. The van der Waals surface area contributed by atoms with Crippen LogP contribution in [-0.2, 0) is 16.1 Å². The SMILES string of the molecule is CCc1cccc(C)c1NC(=O)CO/N=C\c1ccc(Br)cc1. The summed E-state index contributed by atoms with van der Waals surface area (Å²) in [6.45, 7) is 3.91. The van der Waals surface area contributed by atoms with E-state index in [2.05, 4.69) is 33.3 Å². The van der Waals surface area contributed by atoms with Gasteiger partial charge in [-0.15, -0.1) is 0 Å². The highest BCUT2D eigenvalue weighted by Crippen LogP contribution is 2.20. The van der Waals surface area contributed by atoms with Gasteiger partial charge >= 0.3 is 0 Å². The molecule has 0 fully saturated rings. The summed E-state index contributed by atoms with van der Waals surface area (Å²) in [4.78, 5) is 17.0. The van der Waals surface area contributed by atoms with Gasteiger partial charge in [0, 0.05) is 10.2 Å². The Balaban J connectivity index is 1.87. The highest BCUT2D eigenvalue weighted by atomic mass is 79.9. The van der Waals surface area contributed by atoms with Crippen molar-refractivity contribution in [1.82, 2.24) is 0 Å². The summed E-state index contributed by atoms with van der Waals surface area (Å²) in [6, 6.07) is 13.6. The Kier molecular flexibility index (Phi) is 6.35. The first-order valence-electron chi connectivity index (χ1n) is 7.39. The highest BCUT2D eigenvalue weighted by molar-refractivity contribution is 9.10. The number of halogens is 1. The quantitative estimate of drug-likeness (QED) is 0.604. The van der Waals surface area contributed by atoms with Crippen LogP contribution in [-0.4, -0.2) is 18.7 Å². The number of hydrogen-bond acceptors (Lipinski definition) is 3. The lowest BCUT2D eigenvalue weighted by molar-refractivity contribution is -0.120. The summed E-state index contributed by atoms with van der Waals surface area (Å²) in [7, 11) is 0. The van der Waals surface area contributed by atoms with Crippen molar-refractivity contribution in [3.63, 3.8) is 0 Å². The molecule has 0 saturated carbocycles. The van der Waals surface area contributed by atoms with E-state index in [1.54, 1.807) is 6.21 Å². The van der Waals surface area contributed by atoms with Gasteiger partial charge in [-0.1, -0.05) is 58.3 Å². The number of hydrogen-bond donors (Lipinski definition) is 1. The van der Waals surface area contributed by atoms with Gasteiger partial charge in [0.25, 0.3) is 5.91 Å². The summed E-state index contributed by atoms with van der Waals surface area (Å²) in [5.41, 5.74) is 3.91. The minimum atomic E-state index is -0.220. The molecule has 0 bridgehead atoms. The molecule has 0 aliphatic rings. The van der Waals surface area contributed by atoms with Crippen LogP contribution in [0.15, 0.2) is 52.1 Å². The van der Waals surface area contributed by atoms with Crippen LogP contribution >= 0.6 is 15.9 Å². The van der Waals surface area contributed by atoms with Gasteiger partial charge in [-0.05, 0) is 42.2 Å². The Hall–Kier alpha value is -2.14. The molecule has 0 unspecified atom stereocenters. The number of anilines is 1. The monoisotopic (exact) mass is 374 g/mol. The molecule has 120 valence electrons. The van der Waals surface area contributed by atoms with Gasteiger partial charge in [0.2, 0.25) is 0 Å².